The molecule has 2 aromatic heterocycles. The fourth-order valence-corrected chi connectivity index (χ4v) is 15.2. The Bertz CT molecular complexity index is 6170. The van der Waals surface area contributed by atoms with E-state index in [9.17, 15) is 0 Å². The molecule has 0 bridgehead atoms. The summed E-state index contributed by atoms with van der Waals surface area (Å²) >= 11 is 3.65. The minimum atomic E-state index is 0. The summed E-state index contributed by atoms with van der Waals surface area (Å²) in [6.07, 6.45) is 0. The van der Waals surface area contributed by atoms with Crippen molar-refractivity contribution in [3.8, 4) is 39.1 Å². The van der Waals surface area contributed by atoms with E-state index in [0.29, 0.717) is 5.75 Å². The first-order valence-corrected chi connectivity index (χ1v) is 31.9. The number of fused-ring (bicyclic) bond motifs is 12. The van der Waals surface area contributed by atoms with Crippen LogP contribution in [-0.2, 0) is 20.4 Å². The van der Waals surface area contributed by atoms with Crippen LogP contribution in [0.25, 0.3) is 185 Å². The van der Waals surface area contributed by atoms with Gasteiger partial charge in [-0.15, -0.1) is 0 Å². The maximum absolute atomic E-state index is 8.87. The van der Waals surface area contributed by atoms with Gasteiger partial charge in [0.05, 0.1) is 22.1 Å². The number of benzene rings is 18. The van der Waals surface area contributed by atoms with Gasteiger partial charge in [-0.1, -0.05) is 295 Å². The first kappa shape index (κ1) is 56.4. The summed E-state index contributed by atoms with van der Waals surface area (Å²) in [5.41, 5.74) is 11.6. The van der Waals surface area contributed by atoms with Crippen molar-refractivity contribution in [3.63, 3.8) is 0 Å². The number of hydrogen-bond acceptors (Lipinski definition) is 4. The minimum absolute atomic E-state index is 0. The summed E-state index contributed by atoms with van der Waals surface area (Å²) in [6, 6.07) is 109. The van der Waals surface area contributed by atoms with Crippen molar-refractivity contribution in [2.75, 3.05) is 0 Å². The summed E-state index contributed by atoms with van der Waals surface area (Å²) in [5.74, 6) is 0.674. The zero-order valence-electron chi connectivity index (χ0n) is 49.9. The van der Waals surface area contributed by atoms with Crippen LogP contribution in [0.15, 0.2) is 308 Å². The Labute approximate surface area is 557 Å². The third-order valence-electron chi connectivity index (χ3n) is 18.9. The molecule has 1 radical (unpaired) electrons. The van der Waals surface area contributed by atoms with E-state index >= 15 is 0 Å². The fraction of sp³-hybridized carbons (Fsp3) is 0. The third kappa shape index (κ3) is 9.34. The molecule has 93 heavy (non-hydrogen) atoms. The van der Waals surface area contributed by atoms with E-state index in [1.807, 2.05) is 18.2 Å². The largest absolute Gasteiger partial charge is 0.569 e. The van der Waals surface area contributed by atoms with Crippen molar-refractivity contribution in [3.05, 3.63) is 308 Å². The van der Waals surface area contributed by atoms with Crippen molar-refractivity contribution in [1.82, 2.24) is 9.97 Å². The van der Waals surface area contributed by atoms with Crippen LogP contribution < -0.4 is 4.65 Å². The molecule has 0 amide bonds. The number of pyridine rings is 2. The summed E-state index contributed by atoms with van der Waals surface area (Å²) in [6.45, 7) is 0. The fourth-order valence-electron chi connectivity index (χ4n) is 14.8. The average molecular weight is 1340 g/mol. The Morgan fingerprint density at radius 1 is 0.269 bits per heavy atom. The summed E-state index contributed by atoms with van der Waals surface area (Å²) < 4.78 is 6.27. The molecule has 0 saturated carbocycles. The third-order valence-corrected chi connectivity index (χ3v) is 19.4. The van der Waals surface area contributed by atoms with Gasteiger partial charge in [-0.05, 0) is 122 Å². The molecule has 2 heterocycles. The van der Waals surface area contributed by atoms with E-state index in [4.69, 9.17) is 19.6 Å². The monoisotopic (exact) mass is 1340 g/mol. The van der Waals surface area contributed by atoms with Gasteiger partial charge in [0.1, 0.15) is 5.75 Å². The maximum Gasteiger partial charge on any atom is 0.569 e. The Kier molecular flexibility index (Phi) is 13.9. The van der Waals surface area contributed by atoms with Crippen molar-refractivity contribution < 1.29 is 30.1 Å². The van der Waals surface area contributed by atoms with Gasteiger partial charge in [0.25, 0.3) is 0 Å². The van der Waals surface area contributed by atoms with E-state index in [2.05, 4.69) is 301 Å². The second-order valence-corrected chi connectivity index (χ2v) is 24.8. The van der Waals surface area contributed by atoms with Crippen LogP contribution in [-0.4, -0.2) is 22.7 Å². The second-order valence-electron chi connectivity index (χ2n) is 23.9. The van der Waals surface area contributed by atoms with Gasteiger partial charge < -0.3 is 9.68 Å². The van der Waals surface area contributed by atoms with Gasteiger partial charge in [0.2, 0.25) is 0 Å². The summed E-state index contributed by atoms with van der Waals surface area (Å²) in [7, 11) is 0.728. The van der Waals surface area contributed by atoms with E-state index in [1.54, 1.807) is 0 Å². The normalized spacial score (nSPS) is 11.7. The predicted octanol–water partition coefficient (Wildman–Crippen LogP) is 23.5. The molecular weight excluding hydrogens is 1290 g/mol. The first-order chi connectivity index (χ1) is 45.5. The van der Waals surface area contributed by atoms with Gasteiger partial charge in [0.15, 0.2) is 0 Å². The van der Waals surface area contributed by atoms with Crippen LogP contribution >= 0.6 is 15.9 Å². The minimum Gasteiger partial charge on any atom is -0.537 e. The van der Waals surface area contributed by atoms with Crippen LogP contribution in [0.5, 0.6) is 5.75 Å². The number of halogens is 1. The maximum atomic E-state index is 8.87. The van der Waals surface area contributed by atoms with Crippen LogP contribution in [0.4, 0.5) is 0 Å². The van der Waals surface area contributed by atoms with Gasteiger partial charge in [-0.3, -0.25) is 0 Å². The zero-order chi connectivity index (χ0) is 61.0. The van der Waals surface area contributed by atoms with E-state index in [0.717, 1.165) is 39.6 Å². The molecule has 20 rings (SSSR count). The van der Waals surface area contributed by atoms with Crippen LogP contribution in [0, 0.1) is 0 Å². The predicted molar refractivity (Wildman–Crippen MR) is 395 cm³/mol. The SMILES string of the molecule is Brc1cccc(-c2c3ccc4ccccc4c3nc3c2ccc2ccccc23)c1.O[B]Oc1ccc2ccc3cccc4ccc1c2c34.[Pd].c1cc(-c2c3ccc4ccccc4c3nc3c2ccc2ccccc23)cc(-c2ccc3ccc4cccc5ccc2c3c45)c1. The topological polar surface area (TPSA) is 55.2 Å². The standard InChI is InChI=1S/C43H25N.C27H16BrN.C16H10BO2.Pd/c1-3-13-34-26(7-1)17-23-37-40(38-24-18-27-8-2-4-14-35(27)43(38)44-42(34)37)32-12-6-11-31(25-32)33-21-19-30-16-15-28-9-5-10-29-20-22-36(33)41(30)39(28)29;28-20-9-5-8-19(16-20)25-23-14-12-17-6-1-3-10-21(17)26(23)29-27-22-11-4-2-7-18(22)13-15-24(25)27;18-17-19-14-9-7-12-5-4-10-2-1-3-11-6-8-13(14)16(12)15(10)11;/h1-25H;1-16H;1-9,18H;. The van der Waals surface area contributed by atoms with E-state index < -0.39 is 0 Å². The van der Waals surface area contributed by atoms with Crippen molar-refractivity contribution in [2.45, 2.75) is 0 Å². The van der Waals surface area contributed by atoms with E-state index in [1.165, 1.54) is 157 Å². The Morgan fingerprint density at radius 2 is 0.591 bits per heavy atom. The number of nitrogens with zero attached hydrogens (tertiary/aromatic N) is 2. The molecule has 18 aromatic carbocycles. The second kappa shape index (κ2) is 22.9. The molecule has 0 aliphatic carbocycles. The number of hydrogen-bond donors (Lipinski definition) is 1. The smallest absolute Gasteiger partial charge is 0.537 e. The molecule has 0 aliphatic rings. The Morgan fingerprint density at radius 3 is 1.04 bits per heavy atom. The van der Waals surface area contributed by atoms with Crippen molar-refractivity contribution >= 4 is 175 Å². The van der Waals surface area contributed by atoms with E-state index in [-0.39, 0.29) is 20.4 Å². The summed E-state index contributed by atoms with van der Waals surface area (Å²) in [4.78, 5) is 10.6. The number of aromatic nitrogens is 2. The van der Waals surface area contributed by atoms with Crippen molar-refractivity contribution in [1.29, 1.82) is 0 Å². The molecule has 0 saturated heterocycles. The van der Waals surface area contributed by atoms with Gasteiger partial charge in [0, 0.05) is 89.9 Å². The average Bonchev–Trinajstić information content (AvgIpc) is 0.759. The molecule has 437 valence electrons. The van der Waals surface area contributed by atoms with Gasteiger partial charge in [-0.25, -0.2) is 9.97 Å². The van der Waals surface area contributed by atoms with Crippen molar-refractivity contribution in [2.24, 2.45) is 0 Å². The quantitative estimate of drug-likeness (QED) is 0.106. The Hall–Kier alpha value is -10.6. The molecule has 0 aliphatic heterocycles. The molecular formula is C86H51BBrN2O2Pd. The number of rotatable bonds is 5. The molecule has 20 aromatic rings. The van der Waals surface area contributed by atoms with Crippen LogP contribution in [0.1, 0.15) is 0 Å². The van der Waals surface area contributed by atoms with Gasteiger partial charge in [-0.2, -0.15) is 0 Å². The summed E-state index contributed by atoms with van der Waals surface area (Å²) in [5, 5.41) is 38.2. The molecule has 7 heteroatoms. The molecule has 0 atom stereocenters. The zero-order valence-corrected chi connectivity index (χ0v) is 53.0. The van der Waals surface area contributed by atoms with Gasteiger partial charge >= 0.3 is 7.69 Å². The molecule has 1 N–H and O–H groups in total. The molecule has 4 nitrogen and oxygen atoms in total. The molecule has 0 spiro atoms. The Balaban J connectivity index is 0.000000116. The molecule has 0 fully saturated rings. The van der Waals surface area contributed by atoms with Crippen LogP contribution in [0.2, 0.25) is 0 Å². The first-order valence-electron chi connectivity index (χ1n) is 31.1. The van der Waals surface area contributed by atoms with Crippen LogP contribution in [0.3, 0.4) is 0 Å². The molecule has 0 unspecified atom stereocenters.